The fourth-order valence-electron chi connectivity index (χ4n) is 3.64. The van der Waals surface area contributed by atoms with Crippen LogP contribution in [0.4, 0.5) is 0 Å². The van der Waals surface area contributed by atoms with Gasteiger partial charge in [-0.1, -0.05) is 6.92 Å². The quantitative estimate of drug-likeness (QED) is 0.522. The molecule has 0 aliphatic heterocycles. The fourth-order valence-corrected chi connectivity index (χ4v) is 3.64. The van der Waals surface area contributed by atoms with Crippen molar-refractivity contribution in [2.24, 2.45) is 0 Å². The van der Waals surface area contributed by atoms with E-state index in [2.05, 4.69) is 13.0 Å². The number of pyridine rings is 2. The summed E-state index contributed by atoms with van der Waals surface area (Å²) in [6.45, 7) is 4.45. The molecule has 0 aliphatic rings. The number of ether oxygens (including phenoxy) is 1. The SMILES string of the molecule is CCc1ccc2cc(-c3nc4cc(C=O)cc(OC)n4c3C)n(CCO)c2n1. The van der Waals surface area contributed by atoms with Gasteiger partial charge in [-0.05, 0) is 37.6 Å². The number of hydrogen-bond acceptors (Lipinski definition) is 5. The number of fused-ring (bicyclic) bond motifs is 2. The van der Waals surface area contributed by atoms with Gasteiger partial charge >= 0.3 is 0 Å². The summed E-state index contributed by atoms with van der Waals surface area (Å²) in [6.07, 6.45) is 1.62. The third-order valence-corrected chi connectivity index (χ3v) is 5.02. The lowest BCUT2D eigenvalue weighted by Crippen LogP contribution is -2.06. The zero-order valence-corrected chi connectivity index (χ0v) is 16.1. The summed E-state index contributed by atoms with van der Waals surface area (Å²) in [5, 5.41) is 10.6. The first-order valence-corrected chi connectivity index (χ1v) is 9.24. The summed E-state index contributed by atoms with van der Waals surface area (Å²) in [4.78, 5) is 20.8. The van der Waals surface area contributed by atoms with Gasteiger partial charge in [0.05, 0.1) is 25.1 Å². The number of aryl methyl sites for hydroxylation is 2. The van der Waals surface area contributed by atoms with E-state index in [4.69, 9.17) is 14.7 Å². The van der Waals surface area contributed by atoms with Gasteiger partial charge in [0, 0.05) is 29.3 Å². The number of carbonyl (C=O) groups is 1. The number of aromatic nitrogens is 4. The van der Waals surface area contributed by atoms with E-state index < -0.39 is 0 Å². The van der Waals surface area contributed by atoms with Crippen molar-refractivity contribution in [1.82, 2.24) is 18.9 Å². The Hall–Kier alpha value is -3.19. The maximum atomic E-state index is 11.3. The van der Waals surface area contributed by atoms with Crippen molar-refractivity contribution in [3.8, 4) is 17.3 Å². The maximum absolute atomic E-state index is 11.3. The predicted octanol–water partition coefficient (Wildman–Crippen LogP) is 3.04. The normalized spacial score (nSPS) is 11.4. The van der Waals surface area contributed by atoms with Crippen LogP contribution < -0.4 is 4.74 Å². The van der Waals surface area contributed by atoms with E-state index in [0.29, 0.717) is 23.6 Å². The lowest BCUT2D eigenvalue weighted by Gasteiger charge is -2.09. The Bertz CT molecular complexity index is 1190. The van der Waals surface area contributed by atoms with Gasteiger partial charge in [-0.2, -0.15) is 0 Å². The van der Waals surface area contributed by atoms with Crippen molar-refractivity contribution in [3.05, 3.63) is 47.3 Å². The Kier molecular flexibility index (Phi) is 4.60. The molecule has 4 aromatic heterocycles. The van der Waals surface area contributed by atoms with Crippen molar-refractivity contribution < 1.29 is 14.6 Å². The van der Waals surface area contributed by atoms with Crippen LogP contribution in [0, 0.1) is 6.92 Å². The smallest absolute Gasteiger partial charge is 0.199 e. The number of aliphatic hydroxyl groups is 1. The molecular weight excluding hydrogens is 356 g/mol. The van der Waals surface area contributed by atoms with Crippen LogP contribution in [0.3, 0.4) is 0 Å². The molecule has 1 N–H and O–H groups in total. The minimum Gasteiger partial charge on any atom is -0.482 e. The van der Waals surface area contributed by atoms with Gasteiger partial charge < -0.3 is 14.4 Å². The Morgan fingerprint density at radius 3 is 2.71 bits per heavy atom. The summed E-state index contributed by atoms with van der Waals surface area (Å²) >= 11 is 0. The second kappa shape index (κ2) is 7.09. The summed E-state index contributed by atoms with van der Waals surface area (Å²) < 4.78 is 9.35. The van der Waals surface area contributed by atoms with Gasteiger partial charge in [0.2, 0.25) is 0 Å². The van der Waals surface area contributed by atoms with Crippen molar-refractivity contribution in [2.45, 2.75) is 26.8 Å². The van der Waals surface area contributed by atoms with E-state index in [1.54, 1.807) is 19.2 Å². The molecule has 0 unspecified atom stereocenters. The summed E-state index contributed by atoms with van der Waals surface area (Å²) in [6, 6.07) is 9.54. The highest BCUT2D eigenvalue weighted by molar-refractivity contribution is 5.85. The number of aliphatic hydroxyl groups excluding tert-OH is 1. The first-order valence-electron chi connectivity index (χ1n) is 9.24. The summed E-state index contributed by atoms with van der Waals surface area (Å²) in [5.74, 6) is 0.548. The molecule has 0 fully saturated rings. The number of carbonyl (C=O) groups excluding carboxylic acids is 1. The average molecular weight is 378 g/mol. The van der Waals surface area contributed by atoms with Gasteiger partial charge in [-0.3, -0.25) is 9.20 Å². The van der Waals surface area contributed by atoms with Gasteiger partial charge in [-0.25, -0.2) is 9.97 Å². The molecule has 0 spiro atoms. The summed E-state index contributed by atoms with van der Waals surface area (Å²) in [5.41, 5.74) is 5.51. The van der Waals surface area contributed by atoms with E-state index in [9.17, 15) is 9.90 Å². The zero-order valence-electron chi connectivity index (χ0n) is 16.1. The molecule has 0 amide bonds. The standard InChI is InChI=1S/C21H22N4O3/c1-4-16-6-5-15-11-17(24(7-8-26)21(15)22-16)20-13(2)25-18(23-20)9-14(12-27)10-19(25)28-3/h5-6,9-12,26H,4,7-8H2,1-3H3. The zero-order chi connectivity index (χ0) is 19.8. The van der Waals surface area contributed by atoms with Crippen LogP contribution in [0.25, 0.3) is 28.1 Å². The van der Waals surface area contributed by atoms with Crippen LogP contribution in [0.5, 0.6) is 5.88 Å². The highest BCUT2D eigenvalue weighted by Crippen LogP contribution is 2.32. The predicted molar refractivity (Wildman–Crippen MR) is 107 cm³/mol. The number of methoxy groups -OCH3 is 1. The molecule has 7 nitrogen and oxygen atoms in total. The first-order chi connectivity index (χ1) is 13.6. The molecule has 0 bridgehead atoms. The molecule has 0 aliphatic carbocycles. The summed E-state index contributed by atoms with van der Waals surface area (Å²) in [7, 11) is 1.57. The third-order valence-electron chi connectivity index (χ3n) is 5.02. The van der Waals surface area contributed by atoms with E-state index in [1.807, 2.05) is 28.0 Å². The highest BCUT2D eigenvalue weighted by Gasteiger charge is 2.20. The van der Waals surface area contributed by atoms with Gasteiger partial charge in [0.15, 0.2) is 5.88 Å². The van der Waals surface area contributed by atoms with Crippen LogP contribution in [0.15, 0.2) is 30.3 Å². The third kappa shape index (κ3) is 2.75. The van der Waals surface area contributed by atoms with Crippen molar-refractivity contribution >= 4 is 23.0 Å². The monoisotopic (exact) mass is 378 g/mol. The Morgan fingerprint density at radius 1 is 1.21 bits per heavy atom. The number of aldehydes is 1. The van der Waals surface area contributed by atoms with E-state index in [1.165, 1.54) is 0 Å². The minimum absolute atomic E-state index is 0.000156. The molecule has 0 atom stereocenters. The second-order valence-corrected chi connectivity index (χ2v) is 6.66. The number of hydrogen-bond donors (Lipinski definition) is 1. The fraction of sp³-hybridized carbons (Fsp3) is 0.286. The molecule has 144 valence electrons. The molecular formula is C21H22N4O3. The molecule has 4 heterocycles. The number of nitrogens with zero attached hydrogens (tertiary/aromatic N) is 4. The first kappa shape index (κ1) is 18.2. The molecule has 28 heavy (non-hydrogen) atoms. The molecule has 4 aromatic rings. The van der Waals surface area contributed by atoms with E-state index in [-0.39, 0.29) is 6.61 Å². The van der Waals surface area contributed by atoms with Crippen LogP contribution in [-0.4, -0.2) is 44.0 Å². The number of imidazole rings is 1. The molecule has 7 heteroatoms. The van der Waals surface area contributed by atoms with Crippen LogP contribution >= 0.6 is 0 Å². The molecule has 4 rings (SSSR count). The van der Waals surface area contributed by atoms with Gasteiger partial charge in [0.25, 0.3) is 0 Å². The van der Waals surface area contributed by atoms with Crippen molar-refractivity contribution in [1.29, 1.82) is 0 Å². The van der Waals surface area contributed by atoms with Gasteiger partial charge in [0.1, 0.15) is 23.3 Å². The molecule has 0 radical (unpaired) electrons. The van der Waals surface area contributed by atoms with Crippen LogP contribution in [-0.2, 0) is 13.0 Å². The topological polar surface area (TPSA) is 81.6 Å². The lowest BCUT2D eigenvalue weighted by atomic mass is 10.2. The number of rotatable bonds is 6. The van der Waals surface area contributed by atoms with E-state index in [0.717, 1.165) is 46.5 Å². The average Bonchev–Trinajstić information content (AvgIpc) is 3.24. The molecule has 0 saturated carbocycles. The molecule has 0 aromatic carbocycles. The minimum atomic E-state index is -0.000156. The Balaban J connectivity index is 2.02. The van der Waals surface area contributed by atoms with Crippen LogP contribution in [0.1, 0.15) is 28.7 Å². The van der Waals surface area contributed by atoms with Gasteiger partial charge in [-0.15, -0.1) is 0 Å². The largest absolute Gasteiger partial charge is 0.482 e. The van der Waals surface area contributed by atoms with Crippen LogP contribution in [0.2, 0.25) is 0 Å². The van der Waals surface area contributed by atoms with E-state index >= 15 is 0 Å². The maximum Gasteiger partial charge on any atom is 0.199 e. The Morgan fingerprint density at radius 2 is 2.04 bits per heavy atom. The molecule has 0 saturated heterocycles. The second-order valence-electron chi connectivity index (χ2n) is 6.66. The van der Waals surface area contributed by atoms with Crippen molar-refractivity contribution in [2.75, 3.05) is 13.7 Å². The van der Waals surface area contributed by atoms with Crippen molar-refractivity contribution in [3.63, 3.8) is 0 Å². The lowest BCUT2D eigenvalue weighted by molar-refractivity contribution is 0.112. The Labute approximate surface area is 162 Å². The highest BCUT2D eigenvalue weighted by atomic mass is 16.5.